The van der Waals surface area contributed by atoms with E-state index in [2.05, 4.69) is 10.5 Å². The zero-order valence-electron chi connectivity index (χ0n) is 16.7. The lowest BCUT2D eigenvalue weighted by atomic mass is 10.2. The second-order valence-electron chi connectivity index (χ2n) is 6.69. The summed E-state index contributed by atoms with van der Waals surface area (Å²) in [5, 5.41) is 14.2. The highest BCUT2D eigenvalue weighted by Gasteiger charge is 2.27. The number of hydrazone groups is 1. The molecule has 0 radical (unpaired) electrons. The van der Waals surface area contributed by atoms with Crippen molar-refractivity contribution in [3.8, 4) is 5.75 Å². The number of rotatable bonds is 8. The van der Waals surface area contributed by atoms with Gasteiger partial charge in [-0.05, 0) is 42.0 Å². The lowest BCUT2D eigenvalue weighted by Crippen LogP contribution is -2.39. The van der Waals surface area contributed by atoms with E-state index in [1.54, 1.807) is 54.6 Å². The van der Waals surface area contributed by atoms with E-state index in [0.717, 1.165) is 4.31 Å². The molecule has 0 saturated heterocycles. The minimum Gasteiger partial charge on any atom is -0.507 e. The first-order valence-electron chi connectivity index (χ1n) is 9.36. The number of phenols is 1. The molecule has 10 heteroatoms. The molecule has 0 bridgehead atoms. The Labute approximate surface area is 196 Å². The van der Waals surface area contributed by atoms with Crippen molar-refractivity contribution in [1.82, 2.24) is 9.73 Å². The fourth-order valence-corrected chi connectivity index (χ4v) is 4.50. The van der Waals surface area contributed by atoms with E-state index in [0.29, 0.717) is 16.1 Å². The Hall–Kier alpha value is -2.91. The van der Waals surface area contributed by atoms with Gasteiger partial charge in [-0.3, -0.25) is 4.79 Å². The molecule has 0 atom stereocenters. The molecular weight excluding hydrogens is 473 g/mol. The fourth-order valence-electron chi connectivity index (χ4n) is 2.78. The number of para-hydroxylation sites is 1. The van der Waals surface area contributed by atoms with Crippen LogP contribution < -0.4 is 5.43 Å². The van der Waals surface area contributed by atoms with E-state index in [4.69, 9.17) is 23.2 Å². The molecule has 0 aromatic heterocycles. The Morgan fingerprint density at radius 2 is 1.69 bits per heavy atom. The average molecular weight is 492 g/mol. The predicted molar refractivity (Wildman–Crippen MR) is 124 cm³/mol. The van der Waals surface area contributed by atoms with Crippen molar-refractivity contribution in [2.45, 2.75) is 11.4 Å². The molecule has 7 nitrogen and oxygen atoms in total. The van der Waals surface area contributed by atoms with Gasteiger partial charge in [0.2, 0.25) is 10.0 Å². The predicted octanol–water partition coefficient (Wildman–Crippen LogP) is 4.04. The Bertz CT molecular complexity index is 1230. The molecule has 3 rings (SSSR count). The molecule has 3 aromatic carbocycles. The van der Waals surface area contributed by atoms with Crippen LogP contribution in [-0.2, 0) is 21.4 Å². The van der Waals surface area contributed by atoms with Gasteiger partial charge in [0.15, 0.2) is 0 Å². The van der Waals surface area contributed by atoms with E-state index in [1.807, 2.05) is 0 Å². The summed E-state index contributed by atoms with van der Waals surface area (Å²) in [5.74, 6) is -0.658. The van der Waals surface area contributed by atoms with Crippen LogP contribution in [0.2, 0.25) is 10.0 Å². The third kappa shape index (κ3) is 6.08. The smallest absolute Gasteiger partial charge is 0.255 e. The third-order valence-electron chi connectivity index (χ3n) is 4.37. The molecular formula is C22H19Cl2N3O4S. The Morgan fingerprint density at radius 3 is 2.38 bits per heavy atom. The fraction of sp³-hybridized carbons (Fsp3) is 0.0909. The highest BCUT2D eigenvalue weighted by atomic mass is 35.5. The number of carbonyl (C=O) groups is 1. The number of nitrogens with zero attached hydrogens (tertiary/aromatic N) is 2. The van der Waals surface area contributed by atoms with Crippen molar-refractivity contribution < 1.29 is 18.3 Å². The quantitative estimate of drug-likeness (QED) is 0.366. The number of nitrogens with one attached hydrogen (secondary N) is 1. The van der Waals surface area contributed by atoms with Crippen LogP contribution in [0.25, 0.3) is 0 Å². The third-order valence-corrected chi connectivity index (χ3v) is 6.92. The second kappa shape index (κ2) is 10.6. The molecule has 0 heterocycles. The lowest BCUT2D eigenvalue weighted by Gasteiger charge is -2.21. The maximum Gasteiger partial charge on any atom is 0.255 e. The van der Waals surface area contributed by atoms with E-state index in [9.17, 15) is 18.3 Å². The van der Waals surface area contributed by atoms with Gasteiger partial charge >= 0.3 is 0 Å². The molecule has 0 saturated carbocycles. The molecule has 2 N–H and O–H groups in total. The minimum absolute atomic E-state index is 0.00148. The molecule has 166 valence electrons. The van der Waals surface area contributed by atoms with Crippen LogP contribution >= 0.6 is 23.2 Å². The number of halogens is 2. The molecule has 0 unspecified atom stereocenters. The van der Waals surface area contributed by atoms with Crippen LogP contribution in [0.1, 0.15) is 11.1 Å². The number of aromatic hydroxyl groups is 1. The summed E-state index contributed by atoms with van der Waals surface area (Å²) in [7, 11) is -4.00. The van der Waals surface area contributed by atoms with Gasteiger partial charge in [0.25, 0.3) is 5.91 Å². The van der Waals surface area contributed by atoms with Crippen molar-refractivity contribution in [3.05, 3.63) is 94.0 Å². The highest BCUT2D eigenvalue weighted by molar-refractivity contribution is 7.89. The van der Waals surface area contributed by atoms with Crippen LogP contribution in [-0.4, -0.2) is 36.5 Å². The Kier molecular flexibility index (Phi) is 7.87. The first-order valence-corrected chi connectivity index (χ1v) is 11.6. The molecule has 32 heavy (non-hydrogen) atoms. The van der Waals surface area contributed by atoms with Crippen molar-refractivity contribution in [3.63, 3.8) is 0 Å². The second-order valence-corrected chi connectivity index (χ2v) is 9.44. The molecule has 0 aliphatic heterocycles. The first kappa shape index (κ1) is 23.7. The summed E-state index contributed by atoms with van der Waals surface area (Å²) in [5.41, 5.74) is 3.24. The molecule has 1 amide bonds. The first-order chi connectivity index (χ1) is 15.3. The molecule has 3 aromatic rings. The van der Waals surface area contributed by atoms with Gasteiger partial charge in [0.1, 0.15) is 5.75 Å². The maximum absolute atomic E-state index is 13.2. The summed E-state index contributed by atoms with van der Waals surface area (Å²) in [6.07, 6.45) is 1.27. The van der Waals surface area contributed by atoms with Gasteiger partial charge < -0.3 is 5.11 Å². The van der Waals surface area contributed by atoms with Gasteiger partial charge in [0.05, 0.1) is 27.7 Å². The maximum atomic E-state index is 13.2. The summed E-state index contributed by atoms with van der Waals surface area (Å²) >= 11 is 12.0. The van der Waals surface area contributed by atoms with Crippen molar-refractivity contribution in [1.29, 1.82) is 0 Å². The van der Waals surface area contributed by atoms with Crippen LogP contribution in [0.4, 0.5) is 0 Å². The van der Waals surface area contributed by atoms with E-state index in [-0.39, 0.29) is 22.2 Å². The SMILES string of the molecule is O=C(CN(Cc1ccc(Cl)c(Cl)c1)S(=O)(=O)c1ccccc1)N/N=C/c1ccccc1O. The summed E-state index contributed by atoms with van der Waals surface area (Å²) < 4.78 is 27.4. The van der Waals surface area contributed by atoms with Crippen LogP contribution in [0.5, 0.6) is 5.75 Å². The molecule has 0 aliphatic rings. The van der Waals surface area contributed by atoms with Gasteiger partial charge in [0, 0.05) is 12.1 Å². The highest BCUT2D eigenvalue weighted by Crippen LogP contribution is 2.25. The van der Waals surface area contributed by atoms with E-state index >= 15 is 0 Å². The largest absolute Gasteiger partial charge is 0.507 e. The average Bonchev–Trinajstić information content (AvgIpc) is 2.78. The number of phenolic OH excluding ortho intramolecular Hbond substituents is 1. The normalized spacial score (nSPS) is 11.7. The lowest BCUT2D eigenvalue weighted by molar-refractivity contribution is -0.121. The zero-order chi connectivity index (χ0) is 23.1. The standard InChI is InChI=1S/C22H19Cl2N3O4S/c23-19-11-10-16(12-20(19)24)14-27(32(30,31)18-7-2-1-3-8-18)15-22(29)26-25-13-17-6-4-5-9-21(17)28/h1-13,28H,14-15H2,(H,26,29)/b25-13+. The Morgan fingerprint density at radius 1 is 1.00 bits per heavy atom. The van der Waals surface area contributed by atoms with Crippen molar-refractivity contribution in [2.75, 3.05) is 6.54 Å². The van der Waals surface area contributed by atoms with Crippen molar-refractivity contribution in [2.24, 2.45) is 5.10 Å². The summed E-state index contributed by atoms with van der Waals surface area (Å²) in [6.45, 7) is -0.597. The number of benzene rings is 3. The van der Waals surface area contributed by atoms with E-state index in [1.165, 1.54) is 24.4 Å². The monoisotopic (exact) mass is 491 g/mol. The number of hydrogen-bond acceptors (Lipinski definition) is 5. The zero-order valence-corrected chi connectivity index (χ0v) is 19.0. The topological polar surface area (TPSA) is 99.1 Å². The van der Waals surface area contributed by atoms with Gasteiger partial charge in [-0.15, -0.1) is 0 Å². The van der Waals surface area contributed by atoms with E-state index < -0.39 is 22.5 Å². The van der Waals surface area contributed by atoms with Gasteiger partial charge in [-0.2, -0.15) is 9.41 Å². The number of carbonyl (C=O) groups excluding carboxylic acids is 1. The van der Waals surface area contributed by atoms with Gasteiger partial charge in [-0.25, -0.2) is 13.8 Å². The van der Waals surface area contributed by atoms with Crippen LogP contribution in [0, 0.1) is 0 Å². The summed E-state index contributed by atoms with van der Waals surface area (Å²) in [4.78, 5) is 12.5. The molecule has 0 fully saturated rings. The Balaban J connectivity index is 1.81. The molecule has 0 aliphatic carbocycles. The number of hydrogen-bond donors (Lipinski definition) is 2. The van der Waals surface area contributed by atoms with Crippen molar-refractivity contribution >= 4 is 45.3 Å². The number of sulfonamides is 1. The van der Waals surface area contributed by atoms with Gasteiger partial charge in [-0.1, -0.05) is 59.6 Å². The minimum atomic E-state index is -4.00. The number of amides is 1. The summed E-state index contributed by atoms with van der Waals surface area (Å²) in [6, 6.07) is 19.0. The molecule has 0 spiro atoms. The van der Waals surface area contributed by atoms with Crippen LogP contribution in [0.3, 0.4) is 0 Å². The van der Waals surface area contributed by atoms with Crippen LogP contribution in [0.15, 0.2) is 82.8 Å².